The summed E-state index contributed by atoms with van der Waals surface area (Å²) in [5.41, 5.74) is 0.799. The van der Waals surface area contributed by atoms with Crippen molar-refractivity contribution >= 4 is 40.5 Å². The van der Waals surface area contributed by atoms with Gasteiger partial charge in [-0.25, -0.2) is 0 Å². The second kappa shape index (κ2) is 8.10. The number of halogens is 2. The van der Waals surface area contributed by atoms with E-state index >= 15 is 0 Å². The minimum atomic E-state index is -0.586. The Bertz CT molecular complexity index is 768. The van der Waals surface area contributed by atoms with E-state index in [1.165, 1.54) is 18.2 Å². The predicted molar refractivity (Wildman–Crippen MR) is 93.4 cm³/mol. The van der Waals surface area contributed by atoms with E-state index in [1.54, 1.807) is 11.4 Å². The van der Waals surface area contributed by atoms with Gasteiger partial charge in [0.15, 0.2) is 6.54 Å². The summed E-state index contributed by atoms with van der Waals surface area (Å²) in [6.45, 7) is 2.03. The van der Waals surface area contributed by atoms with E-state index in [2.05, 4.69) is 5.32 Å². The summed E-state index contributed by atoms with van der Waals surface area (Å²) in [5, 5.41) is 16.2. The first-order valence-corrected chi connectivity index (χ1v) is 7.95. The number of rotatable bonds is 6. The lowest BCUT2D eigenvalue weighted by Gasteiger charge is -2.12. The number of nitro benzene ring substituents is 1. The van der Waals surface area contributed by atoms with Crippen molar-refractivity contribution in [3.63, 3.8) is 0 Å². The molecule has 0 aliphatic carbocycles. The Hall–Kier alpha value is -2.15. The average molecular weight is 369 g/mol. The molecule has 126 valence electrons. The van der Waals surface area contributed by atoms with Crippen LogP contribution in [0.4, 0.5) is 11.4 Å². The zero-order valence-corrected chi connectivity index (χ0v) is 14.3. The van der Waals surface area contributed by atoms with Crippen LogP contribution in [-0.2, 0) is 4.79 Å². The highest BCUT2D eigenvalue weighted by molar-refractivity contribution is 6.31. The maximum atomic E-state index is 12.1. The summed E-state index contributed by atoms with van der Waals surface area (Å²) in [6, 6.07) is 11.5. The summed E-state index contributed by atoms with van der Waals surface area (Å²) in [7, 11) is 0. The molecule has 0 heterocycles. The summed E-state index contributed by atoms with van der Waals surface area (Å²) in [5.74, 6) is -0.348. The van der Waals surface area contributed by atoms with Crippen molar-refractivity contribution < 1.29 is 15.0 Å². The highest BCUT2D eigenvalue weighted by Crippen LogP contribution is 2.27. The molecular formula is C16H16Cl2N3O3+. The molecule has 0 aliphatic heterocycles. The molecule has 6 nitrogen and oxygen atoms in total. The number of amides is 1. The topological polar surface area (TPSA) is 88.8 Å². The van der Waals surface area contributed by atoms with Crippen molar-refractivity contribution in [1.29, 1.82) is 0 Å². The molecule has 0 radical (unpaired) electrons. The van der Waals surface area contributed by atoms with E-state index in [4.69, 9.17) is 23.2 Å². The lowest BCUT2D eigenvalue weighted by atomic mass is 10.1. The molecule has 0 bridgehead atoms. The number of hydrogen-bond acceptors (Lipinski definition) is 3. The van der Waals surface area contributed by atoms with Crippen LogP contribution in [0.25, 0.3) is 0 Å². The van der Waals surface area contributed by atoms with Crippen LogP contribution in [0, 0.1) is 10.1 Å². The van der Waals surface area contributed by atoms with Gasteiger partial charge in [0.2, 0.25) is 0 Å². The van der Waals surface area contributed by atoms with E-state index in [0.717, 1.165) is 5.56 Å². The number of anilines is 1. The zero-order valence-electron chi connectivity index (χ0n) is 12.8. The first kappa shape index (κ1) is 18.2. The predicted octanol–water partition coefficient (Wildman–Crippen LogP) is 3.16. The fourth-order valence-corrected chi connectivity index (χ4v) is 2.69. The maximum Gasteiger partial charge on any atom is 0.294 e. The second-order valence-electron chi connectivity index (χ2n) is 5.22. The lowest BCUT2D eigenvalue weighted by Crippen LogP contribution is -2.86. The molecule has 2 aromatic carbocycles. The van der Waals surface area contributed by atoms with E-state index in [-0.39, 0.29) is 34.9 Å². The van der Waals surface area contributed by atoms with Crippen LogP contribution in [0.15, 0.2) is 42.5 Å². The minimum Gasteiger partial charge on any atom is -0.332 e. The van der Waals surface area contributed by atoms with Crippen molar-refractivity contribution in [1.82, 2.24) is 0 Å². The molecule has 0 unspecified atom stereocenters. The third kappa shape index (κ3) is 4.67. The lowest BCUT2D eigenvalue weighted by molar-refractivity contribution is -0.682. The van der Waals surface area contributed by atoms with E-state index in [0.29, 0.717) is 5.02 Å². The fraction of sp³-hybridized carbons (Fsp3) is 0.188. The third-order valence-corrected chi connectivity index (χ3v) is 4.06. The Morgan fingerprint density at radius 2 is 2.00 bits per heavy atom. The molecule has 0 aromatic heterocycles. The van der Waals surface area contributed by atoms with Gasteiger partial charge in [0, 0.05) is 21.7 Å². The van der Waals surface area contributed by atoms with Gasteiger partial charge in [0.25, 0.3) is 11.6 Å². The van der Waals surface area contributed by atoms with Crippen LogP contribution in [0.5, 0.6) is 0 Å². The number of nitrogens with two attached hydrogens (primary N) is 1. The van der Waals surface area contributed by atoms with Gasteiger partial charge in [-0.15, -0.1) is 0 Å². The summed E-state index contributed by atoms with van der Waals surface area (Å²) in [6.07, 6.45) is 0. The molecule has 2 aromatic rings. The van der Waals surface area contributed by atoms with Crippen molar-refractivity contribution in [2.24, 2.45) is 0 Å². The van der Waals surface area contributed by atoms with Crippen LogP contribution in [-0.4, -0.2) is 17.4 Å². The van der Waals surface area contributed by atoms with Gasteiger partial charge < -0.3 is 10.6 Å². The standard InChI is InChI=1S/C16H15Cl2N3O3/c1-10(12-4-2-3-5-13(12)18)19-9-16(22)20-14-7-6-11(17)8-15(14)21(23)24/h2-8,10,19H,9H2,1H3,(H,20,22)/p+1/t10-/m1/s1. The van der Waals surface area contributed by atoms with Gasteiger partial charge in [-0.05, 0) is 25.1 Å². The highest BCUT2D eigenvalue weighted by atomic mass is 35.5. The van der Waals surface area contributed by atoms with Crippen molar-refractivity contribution in [2.75, 3.05) is 11.9 Å². The highest BCUT2D eigenvalue weighted by Gasteiger charge is 2.18. The van der Waals surface area contributed by atoms with Crippen LogP contribution in [0.1, 0.15) is 18.5 Å². The van der Waals surface area contributed by atoms with Crippen molar-refractivity contribution in [3.05, 3.63) is 68.2 Å². The Balaban J connectivity index is 1.99. The quantitative estimate of drug-likeness (QED) is 0.606. The molecule has 0 fully saturated rings. The molecule has 24 heavy (non-hydrogen) atoms. The van der Waals surface area contributed by atoms with Gasteiger partial charge in [0.1, 0.15) is 11.7 Å². The number of nitrogens with one attached hydrogen (secondary N) is 1. The molecule has 1 amide bonds. The third-order valence-electron chi connectivity index (χ3n) is 3.48. The number of carbonyl (C=O) groups is 1. The molecule has 0 saturated carbocycles. The first-order chi connectivity index (χ1) is 11.4. The fourth-order valence-electron chi connectivity index (χ4n) is 2.22. The van der Waals surface area contributed by atoms with Crippen molar-refractivity contribution in [3.8, 4) is 0 Å². The largest absolute Gasteiger partial charge is 0.332 e. The smallest absolute Gasteiger partial charge is 0.294 e. The van der Waals surface area contributed by atoms with Gasteiger partial charge in [-0.3, -0.25) is 14.9 Å². The van der Waals surface area contributed by atoms with Crippen LogP contribution >= 0.6 is 23.2 Å². The average Bonchev–Trinajstić information content (AvgIpc) is 2.54. The van der Waals surface area contributed by atoms with Gasteiger partial charge in [0.05, 0.1) is 4.92 Å². The SMILES string of the molecule is C[C@@H]([NH2+]CC(=O)Nc1ccc(Cl)cc1[N+](=O)[O-])c1ccccc1Cl. The molecule has 0 spiro atoms. The Labute approximate surface area is 148 Å². The van der Waals surface area contributed by atoms with E-state index in [9.17, 15) is 14.9 Å². The van der Waals surface area contributed by atoms with Gasteiger partial charge in [-0.1, -0.05) is 41.4 Å². The van der Waals surface area contributed by atoms with Crippen LogP contribution in [0.3, 0.4) is 0 Å². The number of nitro groups is 1. The Kier molecular flexibility index (Phi) is 6.14. The van der Waals surface area contributed by atoms with E-state index < -0.39 is 4.92 Å². The second-order valence-corrected chi connectivity index (χ2v) is 6.06. The number of carbonyl (C=O) groups excluding carboxylic acids is 1. The summed E-state index contributed by atoms with van der Waals surface area (Å²) >= 11 is 11.9. The number of benzene rings is 2. The maximum absolute atomic E-state index is 12.1. The number of nitrogens with zero attached hydrogens (tertiary/aromatic N) is 1. The van der Waals surface area contributed by atoms with E-state index in [1.807, 2.05) is 25.1 Å². The Morgan fingerprint density at radius 1 is 1.29 bits per heavy atom. The minimum absolute atomic E-state index is 0.0235. The molecule has 0 saturated heterocycles. The summed E-state index contributed by atoms with van der Waals surface area (Å²) in [4.78, 5) is 22.5. The Morgan fingerprint density at radius 3 is 2.67 bits per heavy atom. The monoisotopic (exact) mass is 368 g/mol. The molecule has 3 N–H and O–H groups in total. The molecular weight excluding hydrogens is 353 g/mol. The molecule has 2 rings (SSSR count). The molecule has 0 aliphatic rings. The van der Waals surface area contributed by atoms with Gasteiger partial charge >= 0.3 is 0 Å². The zero-order chi connectivity index (χ0) is 17.7. The van der Waals surface area contributed by atoms with Crippen molar-refractivity contribution in [2.45, 2.75) is 13.0 Å². The number of hydrogen-bond donors (Lipinski definition) is 2. The number of quaternary nitrogens is 1. The normalized spacial score (nSPS) is 11.8. The molecule has 8 heteroatoms. The summed E-state index contributed by atoms with van der Waals surface area (Å²) < 4.78 is 0. The first-order valence-electron chi connectivity index (χ1n) is 7.20. The van der Waals surface area contributed by atoms with Crippen LogP contribution in [0.2, 0.25) is 10.0 Å². The van der Waals surface area contributed by atoms with Crippen LogP contribution < -0.4 is 10.6 Å². The van der Waals surface area contributed by atoms with Gasteiger partial charge in [-0.2, -0.15) is 0 Å². The molecule has 1 atom stereocenters.